The molecule has 0 saturated carbocycles. The minimum atomic E-state index is -0.362. The van der Waals surface area contributed by atoms with Gasteiger partial charge in [0.05, 0.1) is 11.4 Å². The Morgan fingerprint density at radius 2 is 1.41 bits per heavy atom. The third-order valence-electron chi connectivity index (χ3n) is 8.45. The lowest BCUT2D eigenvalue weighted by Gasteiger charge is -2.34. The highest BCUT2D eigenvalue weighted by molar-refractivity contribution is 5.94. The average Bonchev–Trinajstić information content (AvgIpc) is 3.01. The van der Waals surface area contributed by atoms with Crippen LogP contribution < -0.4 is 17.0 Å². The number of aromatic hydroxyl groups is 1. The van der Waals surface area contributed by atoms with Crippen LogP contribution in [-0.4, -0.2) is 45.7 Å². The fourth-order valence-corrected chi connectivity index (χ4v) is 5.69. The number of benzene rings is 2. The van der Waals surface area contributed by atoms with E-state index in [1.165, 1.54) is 10.6 Å². The van der Waals surface area contributed by atoms with Gasteiger partial charge in [-0.25, -0.2) is 4.57 Å². The number of hydrogen-bond donors (Lipinski definition) is 3. The van der Waals surface area contributed by atoms with Crippen LogP contribution in [0.15, 0.2) is 75.7 Å². The summed E-state index contributed by atoms with van der Waals surface area (Å²) >= 11 is 0. The van der Waals surface area contributed by atoms with Crippen molar-refractivity contribution in [2.24, 2.45) is 33.5 Å². The van der Waals surface area contributed by atoms with Crippen LogP contribution in [0.1, 0.15) is 82.1 Å². The Kier molecular flexibility index (Phi) is 13.3. The van der Waals surface area contributed by atoms with Gasteiger partial charge in [0.25, 0.3) is 11.5 Å². The van der Waals surface area contributed by atoms with Crippen molar-refractivity contribution >= 4 is 17.3 Å². The first-order chi connectivity index (χ1) is 21.1. The molecule has 1 heterocycles. The SMILES string of the molecule is CCCC(N)C(CC)CN(CC(CC)C(N)CCC)C(=O)c1ccc(N=Nc2c(C)cc(=O)n(-c3ccccc3)c2O)cc1. The van der Waals surface area contributed by atoms with Crippen LogP contribution >= 0.6 is 0 Å². The molecule has 0 radical (unpaired) electrons. The summed E-state index contributed by atoms with van der Waals surface area (Å²) in [6.07, 6.45) is 5.64. The van der Waals surface area contributed by atoms with Crippen LogP contribution in [0.5, 0.6) is 5.88 Å². The average molecular weight is 603 g/mol. The largest absolute Gasteiger partial charge is 0.493 e. The number of pyridine rings is 1. The van der Waals surface area contributed by atoms with E-state index in [-0.39, 0.29) is 47.0 Å². The van der Waals surface area contributed by atoms with E-state index in [4.69, 9.17) is 11.5 Å². The molecule has 0 fully saturated rings. The van der Waals surface area contributed by atoms with Crippen LogP contribution in [0.25, 0.3) is 5.69 Å². The number of aryl methyl sites for hydroxylation is 1. The molecule has 0 bridgehead atoms. The molecule has 9 nitrogen and oxygen atoms in total. The van der Waals surface area contributed by atoms with Crippen molar-refractivity contribution in [1.29, 1.82) is 0 Å². The summed E-state index contributed by atoms with van der Waals surface area (Å²) in [6, 6.07) is 17.3. The van der Waals surface area contributed by atoms with Gasteiger partial charge < -0.3 is 21.5 Å². The van der Waals surface area contributed by atoms with Crippen molar-refractivity contribution in [2.75, 3.05) is 13.1 Å². The summed E-state index contributed by atoms with van der Waals surface area (Å²) in [5.41, 5.74) is 15.0. The predicted octanol–water partition coefficient (Wildman–Crippen LogP) is 7.02. The molecule has 3 aromatic rings. The Bertz CT molecular complexity index is 1400. The van der Waals surface area contributed by atoms with Gasteiger partial charge in [-0.3, -0.25) is 9.59 Å². The van der Waals surface area contributed by atoms with E-state index in [0.717, 1.165) is 38.5 Å². The molecule has 0 saturated heterocycles. The number of aromatic nitrogens is 1. The molecular weight excluding hydrogens is 552 g/mol. The van der Waals surface area contributed by atoms with Crippen molar-refractivity contribution in [2.45, 2.75) is 85.2 Å². The minimum absolute atomic E-state index is 0.0311. The topological polar surface area (TPSA) is 139 Å². The van der Waals surface area contributed by atoms with E-state index in [0.29, 0.717) is 35.6 Å². The van der Waals surface area contributed by atoms with E-state index in [1.54, 1.807) is 55.5 Å². The summed E-state index contributed by atoms with van der Waals surface area (Å²) in [5.74, 6) is 0.0519. The van der Waals surface area contributed by atoms with E-state index < -0.39 is 0 Å². The Labute approximate surface area is 262 Å². The summed E-state index contributed by atoms with van der Waals surface area (Å²) in [6.45, 7) is 11.4. The number of azo groups is 1. The molecule has 1 aromatic heterocycles. The number of rotatable bonds is 16. The van der Waals surface area contributed by atoms with Gasteiger partial charge in [-0.2, -0.15) is 5.11 Å². The first kappa shape index (κ1) is 34.7. The maximum atomic E-state index is 13.9. The lowest BCUT2D eigenvalue weighted by molar-refractivity contribution is 0.0670. The van der Waals surface area contributed by atoms with Gasteiger partial charge in [-0.05, 0) is 73.6 Å². The number of carbonyl (C=O) groups excluding carboxylic acids is 1. The maximum absolute atomic E-state index is 13.9. The first-order valence-electron chi connectivity index (χ1n) is 16.0. The highest BCUT2D eigenvalue weighted by Crippen LogP contribution is 2.32. The van der Waals surface area contributed by atoms with Crippen LogP contribution in [-0.2, 0) is 0 Å². The number of carbonyl (C=O) groups is 1. The van der Waals surface area contributed by atoms with Crippen LogP contribution in [0.4, 0.5) is 11.4 Å². The Balaban J connectivity index is 1.87. The maximum Gasteiger partial charge on any atom is 0.258 e. The monoisotopic (exact) mass is 602 g/mol. The molecule has 3 rings (SSSR count). The van der Waals surface area contributed by atoms with Gasteiger partial charge in [-0.15, -0.1) is 5.11 Å². The number of hydrogen-bond acceptors (Lipinski definition) is 7. The van der Waals surface area contributed by atoms with E-state index >= 15 is 0 Å². The van der Waals surface area contributed by atoms with Crippen molar-refractivity contribution < 1.29 is 9.90 Å². The van der Waals surface area contributed by atoms with E-state index in [1.807, 2.05) is 11.0 Å². The second-order valence-electron chi connectivity index (χ2n) is 11.7. The second kappa shape index (κ2) is 16.9. The molecule has 238 valence electrons. The van der Waals surface area contributed by atoms with Gasteiger partial charge in [0.1, 0.15) is 5.69 Å². The molecule has 4 unspecified atom stereocenters. The molecular formula is C35H50N6O3. The molecule has 2 aromatic carbocycles. The molecule has 1 amide bonds. The zero-order valence-electron chi connectivity index (χ0n) is 26.9. The van der Waals surface area contributed by atoms with Crippen molar-refractivity contribution in [3.8, 4) is 11.6 Å². The number of nitrogens with two attached hydrogens (primary N) is 2. The van der Waals surface area contributed by atoms with Gasteiger partial charge in [-0.1, -0.05) is 71.6 Å². The van der Waals surface area contributed by atoms with Gasteiger partial charge in [0.2, 0.25) is 5.88 Å². The highest BCUT2D eigenvalue weighted by Gasteiger charge is 2.27. The highest BCUT2D eigenvalue weighted by atomic mass is 16.3. The molecule has 4 atom stereocenters. The summed E-state index contributed by atoms with van der Waals surface area (Å²) < 4.78 is 1.20. The third-order valence-corrected chi connectivity index (χ3v) is 8.45. The molecule has 0 aliphatic rings. The normalized spacial score (nSPS) is 14.3. The lowest BCUT2D eigenvalue weighted by Crippen LogP contribution is -2.46. The minimum Gasteiger partial charge on any atom is -0.493 e. The van der Waals surface area contributed by atoms with Crippen LogP contribution in [0.3, 0.4) is 0 Å². The molecule has 5 N–H and O–H groups in total. The van der Waals surface area contributed by atoms with Crippen molar-refractivity contribution in [1.82, 2.24) is 9.47 Å². The summed E-state index contributed by atoms with van der Waals surface area (Å²) in [5, 5.41) is 19.5. The van der Waals surface area contributed by atoms with E-state index in [9.17, 15) is 14.7 Å². The fraction of sp³-hybridized carbons (Fsp3) is 0.486. The van der Waals surface area contributed by atoms with Crippen LogP contribution in [0, 0.1) is 18.8 Å². The Hall–Kier alpha value is -3.82. The quantitative estimate of drug-likeness (QED) is 0.151. The number of nitrogens with zero attached hydrogens (tertiary/aromatic N) is 4. The van der Waals surface area contributed by atoms with Gasteiger partial charge in [0, 0.05) is 36.8 Å². The molecule has 9 heteroatoms. The molecule has 0 aliphatic heterocycles. The smallest absolute Gasteiger partial charge is 0.258 e. The lowest BCUT2D eigenvalue weighted by atomic mass is 9.90. The Morgan fingerprint density at radius 1 is 0.864 bits per heavy atom. The van der Waals surface area contributed by atoms with E-state index in [2.05, 4.69) is 37.9 Å². The predicted molar refractivity (Wildman–Crippen MR) is 178 cm³/mol. The zero-order chi connectivity index (χ0) is 32.2. The summed E-state index contributed by atoms with van der Waals surface area (Å²) in [4.78, 5) is 28.5. The van der Waals surface area contributed by atoms with Crippen molar-refractivity contribution in [3.05, 3.63) is 82.1 Å². The fourth-order valence-electron chi connectivity index (χ4n) is 5.69. The summed E-state index contributed by atoms with van der Waals surface area (Å²) in [7, 11) is 0. The zero-order valence-corrected chi connectivity index (χ0v) is 26.9. The van der Waals surface area contributed by atoms with Gasteiger partial charge >= 0.3 is 0 Å². The number of amides is 1. The first-order valence-corrected chi connectivity index (χ1v) is 16.0. The Morgan fingerprint density at radius 3 is 1.91 bits per heavy atom. The number of para-hydroxylation sites is 1. The van der Waals surface area contributed by atoms with Crippen molar-refractivity contribution in [3.63, 3.8) is 0 Å². The van der Waals surface area contributed by atoms with Crippen LogP contribution in [0.2, 0.25) is 0 Å². The molecule has 0 aliphatic carbocycles. The van der Waals surface area contributed by atoms with Gasteiger partial charge in [0.15, 0.2) is 0 Å². The standard InChI is InChI=1S/C35H50N6O3/c1-6-13-30(36)25(8-3)22-40(23-26(9-4)31(37)14-7-2)34(43)27-17-19-28(20-18-27)38-39-33-24(5)21-32(42)41(35(33)44)29-15-11-10-12-16-29/h10-12,15-21,25-26,30-31,44H,6-9,13-14,22-23,36-37H2,1-5H3. The second-order valence-corrected chi connectivity index (χ2v) is 11.7. The third kappa shape index (κ3) is 8.86. The molecule has 0 spiro atoms. The molecule has 44 heavy (non-hydrogen) atoms.